The number of nitrogens with one attached hydrogen (secondary N) is 1. The highest BCUT2D eigenvalue weighted by atomic mass is 16.1. The first-order valence-electron chi connectivity index (χ1n) is 5.50. The normalized spacial score (nSPS) is 25.1. The Morgan fingerprint density at radius 2 is 2.20 bits per heavy atom. The summed E-state index contributed by atoms with van der Waals surface area (Å²) in [6, 6.07) is 0. The highest BCUT2D eigenvalue weighted by Gasteiger charge is 2.36. The molecular formula is C11H23N3O. The highest BCUT2D eigenvalue weighted by molar-refractivity contribution is 5.84. The molecule has 15 heavy (non-hydrogen) atoms. The number of primary amides is 1. The summed E-state index contributed by atoms with van der Waals surface area (Å²) in [6.45, 7) is 9.17. The maximum absolute atomic E-state index is 11.3. The SMILES string of the molecule is CNC(C)(CN1CCC(C)(C)C1)C(N)=O. The van der Waals surface area contributed by atoms with Gasteiger partial charge in [-0.15, -0.1) is 0 Å². The number of amides is 1. The molecule has 1 aliphatic rings. The predicted octanol–water partition coefficient (Wildman–Crippen LogP) is 0.182. The van der Waals surface area contributed by atoms with Gasteiger partial charge in [0, 0.05) is 13.1 Å². The van der Waals surface area contributed by atoms with E-state index in [9.17, 15) is 4.79 Å². The van der Waals surface area contributed by atoms with Crippen LogP contribution in [0.25, 0.3) is 0 Å². The lowest BCUT2D eigenvalue weighted by molar-refractivity contribution is -0.124. The average molecular weight is 213 g/mol. The van der Waals surface area contributed by atoms with E-state index in [4.69, 9.17) is 5.73 Å². The van der Waals surface area contributed by atoms with Gasteiger partial charge in [0.05, 0.1) is 0 Å². The fourth-order valence-electron chi connectivity index (χ4n) is 2.09. The molecule has 88 valence electrons. The van der Waals surface area contributed by atoms with Crippen LogP contribution in [0.3, 0.4) is 0 Å². The second-order valence-electron chi connectivity index (χ2n) is 5.57. The molecule has 0 saturated carbocycles. The Labute approximate surface area is 92.2 Å². The number of nitrogens with zero attached hydrogens (tertiary/aromatic N) is 1. The van der Waals surface area contributed by atoms with Crippen molar-refractivity contribution >= 4 is 5.91 Å². The van der Waals surface area contributed by atoms with Gasteiger partial charge in [0.1, 0.15) is 5.54 Å². The fraction of sp³-hybridized carbons (Fsp3) is 0.909. The standard InChI is InChI=1S/C11H23N3O/c1-10(2)5-6-14(7-10)8-11(3,13-4)9(12)15/h13H,5-8H2,1-4H3,(H2,12,15). The summed E-state index contributed by atoms with van der Waals surface area (Å²) in [5.41, 5.74) is 5.16. The molecule has 1 rings (SSSR count). The predicted molar refractivity (Wildman–Crippen MR) is 61.5 cm³/mol. The maximum atomic E-state index is 11.3. The Morgan fingerprint density at radius 1 is 1.60 bits per heavy atom. The first-order valence-corrected chi connectivity index (χ1v) is 5.50. The first-order chi connectivity index (χ1) is 6.79. The first kappa shape index (κ1) is 12.5. The zero-order valence-corrected chi connectivity index (χ0v) is 10.3. The van der Waals surface area contributed by atoms with Gasteiger partial charge in [-0.05, 0) is 32.4 Å². The van der Waals surface area contributed by atoms with E-state index in [1.807, 2.05) is 6.92 Å². The van der Waals surface area contributed by atoms with Crippen LogP contribution in [-0.2, 0) is 4.79 Å². The third kappa shape index (κ3) is 2.92. The van der Waals surface area contributed by atoms with E-state index in [1.165, 1.54) is 6.42 Å². The summed E-state index contributed by atoms with van der Waals surface area (Å²) in [5, 5.41) is 3.02. The molecule has 0 radical (unpaired) electrons. The van der Waals surface area contributed by atoms with E-state index >= 15 is 0 Å². The zero-order chi connectivity index (χ0) is 11.7. The molecule has 1 aliphatic heterocycles. The van der Waals surface area contributed by atoms with Crippen molar-refractivity contribution in [2.45, 2.75) is 32.7 Å². The zero-order valence-electron chi connectivity index (χ0n) is 10.3. The van der Waals surface area contributed by atoms with Gasteiger partial charge < -0.3 is 16.0 Å². The van der Waals surface area contributed by atoms with E-state index in [2.05, 4.69) is 24.1 Å². The van der Waals surface area contributed by atoms with Crippen molar-refractivity contribution in [3.8, 4) is 0 Å². The lowest BCUT2D eigenvalue weighted by Crippen LogP contribution is -2.58. The third-order valence-corrected chi connectivity index (χ3v) is 3.39. The number of rotatable bonds is 4. The van der Waals surface area contributed by atoms with Gasteiger partial charge in [-0.2, -0.15) is 0 Å². The summed E-state index contributed by atoms with van der Waals surface area (Å²) in [7, 11) is 1.78. The topological polar surface area (TPSA) is 58.4 Å². The molecule has 0 bridgehead atoms. The van der Waals surface area contributed by atoms with Crippen LogP contribution in [0.2, 0.25) is 0 Å². The summed E-state index contributed by atoms with van der Waals surface area (Å²) in [5.74, 6) is -0.283. The van der Waals surface area contributed by atoms with E-state index in [0.717, 1.165) is 13.1 Å². The van der Waals surface area contributed by atoms with Crippen molar-refractivity contribution in [3.63, 3.8) is 0 Å². The second kappa shape index (κ2) is 4.10. The van der Waals surface area contributed by atoms with Crippen LogP contribution in [-0.4, -0.2) is 43.0 Å². The Kier molecular flexibility index (Phi) is 3.41. The molecule has 4 nitrogen and oxygen atoms in total. The molecule has 1 unspecified atom stereocenters. The van der Waals surface area contributed by atoms with E-state index in [1.54, 1.807) is 7.05 Å². The molecule has 1 fully saturated rings. The van der Waals surface area contributed by atoms with Crippen LogP contribution in [0, 0.1) is 5.41 Å². The lowest BCUT2D eigenvalue weighted by atomic mass is 9.93. The summed E-state index contributed by atoms with van der Waals surface area (Å²) in [4.78, 5) is 13.6. The molecule has 3 N–H and O–H groups in total. The fourth-order valence-corrected chi connectivity index (χ4v) is 2.09. The minimum Gasteiger partial charge on any atom is -0.368 e. The third-order valence-electron chi connectivity index (χ3n) is 3.39. The molecule has 1 saturated heterocycles. The van der Waals surface area contributed by atoms with Crippen molar-refractivity contribution in [2.75, 3.05) is 26.7 Å². The van der Waals surface area contributed by atoms with Crippen LogP contribution in [0.5, 0.6) is 0 Å². The second-order valence-corrected chi connectivity index (χ2v) is 5.57. The largest absolute Gasteiger partial charge is 0.368 e. The minimum absolute atomic E-state index is 0.283. The summed E-state index contributed by atoms with van der Waals surface area (Å²) >= 11 is 0. The molecule has 4 heteroatoms. The molecule has 0 spiro atoms. The molecule has 0 aromatic carbocycles. The quantitative estimate of drug-likeness (QED) is 0.700. The van der Waals surface area contributed by atoms with Gasteiger partial charge in [0.2, 0.25) is 5.91 Å². The summed E-state index contributed by atoms with van der Waals surface area (Å²) < 4.78 is 0. The van der Waals surface area contributed by atoms with E-state index in [0.29, 0.717) is 12.0 Å². The van der Waals surface area contributed by atoms with Crippen LogP contribution in [0.15, 0.2) is 0 Å². The van der Waals surface area contributed by atoms with Gasteiger partial charge in [-0.25, -0.2) is 0 Å². The number of hydrogen-bond donors (Lipinski definition) is 2. The van der Waals surface area contributed by atoms with Gasteiger partial charge in [0.15, 0.2) is 0 Å². The number of nitrogens with two attached hydrogens (primary N) is 1. The molecule has 0 aliphatic carbocycles. The molecular weight excluding hydrogens is 190 g/mol. The summed E-state index contributed by atoms with van der Waals surface area (Å²) in [6.07, 6.45) is 1.19. The van der Waals surface area contributed by atoms with Gasteiger partial charge in [-0.1, -0.05) is 13.8 Å². The number of carbonyl (C=O) groups is 1. The van der Waals surface area contributed by atoms with Crippen molar-refractivity contribution in [1.29, 1.82) is 0 Å². The van der Waals surface area contributed by atoms with Crippen LogP contribution in [0.4, 0.5) is 0 Å². The van der Waals surface area contributed by atoms with Gasteiger partial charge in [-0.3, -0.25) is 4.79 Å². The van der Waals surface area contributed by atoms with Crippen molar-refractivity contribution in [3.05, 3.63) is 0 Å². The number of likely N-dealkylation sites (N-methyl/N-ethyl adjacent to an activating group) is 1. The smallest absolute Gasteiger partial charge is 0.238 e. The number of carbonyl (C=O) groups excluding carboxylic acids is 1. The van der Waals surface area contributed by atoms with Crippen molar-refractivity contribution in [1.82, 2.24) is 10.2 Å². The molecule has 1 atom stereocenters. The van der Waals surface area contributed by atoms with Gasteiger partial charge in [0.25, 0.3) is 0 Å². The Balaban J connectivity index is 2.58. The van der Waals surface area contributed by atoms with E-state index in [-0.39, 0.29) is 5.91 Å². The van der Waals surface area contributed by atoms with Crippen LogP contribution < -0.4 is 11.1 Å². The average Bonchev–Trinajstić information content (AvgIpc) is 2.45. The van der Waals surface area contributed by atoms with Crippen molar-refractivity contribution < 1.29 is 4.79 Å². The molecule has 0 aromatic heterocycles. The molecule has 1 amide bonds. The van der Waals surface area contributed by atoms with Crippen LogP contribution >= 0.6 is 0 Å². The maximum Gasteiger partial charge on any atom is 0.238 e. The Hall–Kier alpha value is -0.610. The molecule has 1 heterocycles. The van der Waals surface area contributed by atoms with Crippen molar-refractivity contribution in [2.24, 2.45) is 11.1 Å². The minimum atomic E-state index is -0.611. The van der Waals surface area contributed by atoms with Gasteiger partial charge >= 0.3 is 0 Å². The monoisotopic (exact) mass is 213 g/mol. The number of likely N-dealkylation sites (tertiary alicyclic amines) is 1. The Morgan fingerprint density at radius 3 is 2.53 bits per heavy atom. The van der Waals surface area contributed by atoms with Crippen LogP contribution in [0.1, 0.15) is 27.2 Å². The molecule has 0 aromatic rings. The highest BCUT2D eigenvalue weighted by Crippen LogP contribution is 2.29. The Bertz CT molecular complexity index is 252. The lowest BCUT2D eigenvalue weighted by Gasteiger charge is -2.31. The number of hydrogen-bond acceptors (Lipinski definition) is 3. The van der Waals surface area contributed by atoms with E-state index < -0.39 is 5.54 Å².